The van der Waals surface area contributed by atoms with Crippen molar-refractivity contribution in [3.63, 3.8) is 0 Å². The van der Waals surface area contributed by atoms with E-state index in [4.69, 9.17) is 5.14 Å². The van der Waals surface area contributed by atoms with E-state index < -0.39 is 32.7 Å². The molecule has 0 radical (unpaired) electrons. The zero-order chi connectivity index (χ0) is 18.1. The van der Waals surface area contributed by atoms with E-state index in [2.05, 4.69) is 21.2 Å². The van der Waals surface area contributed by atoms with Gasteiger partial charge in [0.2, 0.25) is 10.0 Å². The van der Waals surface area contributed by atoms with Gasteiger partial charge in [0, 0.05) is 16.2 Å². The zero-order valence-electron chi connectivity index (χ0n) is 12.4. The van der Waals surface area contributed by atoms with Crippen LogP contribution in [-0.2, 0) is 16.2 Å². The Hall–Kier alpha value is -1.58. The maximum Gasteiger partial charge on any atom is 0.418 e. The molecule has 2 aromatic carbocycles. The molecular formula is C15H14BrF3N2O2S. The molecule has 0 aliphatic heterocycles. The molecule has 9 heteroatoms. The van der Waals surface area contributed by atoms with Crippen LogP contribution in [0.4, 0.5) is 18.9 Å². The Bertz CT molecular complexity index is 854. The second kappa shape index (κ2) is 6.73. The van der Waals surface area contributed by atoms with E-state index in [1.54, 1.807) is 31.2 Å². The molecule has 2 rings (SSSR count). The number of primary sulfonamides is 1. The fourth-order valence-electron chi connectivity index (χ4n) is 2.15. The summed E-state index contributed by atoms with van der Waals surface area (Å²) >= 11 is 3.31. The molecule has 24 heavy (non-hydrogen) atoms. The molecule has 0 saturated carbocycles. The van der Waals surface area contributed by atoms with Gasteiger partial charge in [0.1, 0.15) is 0 Å². The fraction of sp³-hybridized carbons (Fsp3) is 0.200. The highest BCUT2D eigenvalue weighted by atomic mass is 79.9. The smallest absolute Gasteiger partial charge is 0.378 e. The van der Waals surface area contributed by atoms with E-state index in [0.717, 1.165) is 22.2 Å². The maximum atomic E-state index is 13.3. The van der Waals surface area contributed by atoms with Gasteiger partial charge in [-0.15, -0.1) is 0 Å². The third-order valence-electron chi connectivity index (χ3n) is 3.35. The van der Waals surface area contributed by atoms with Crippen LogP contribution < -0.4 is 10.5 Å². The van der Waals surface area contributed by atoms with Gasteiger partial charge in [-0.25, -0.2) is 13.6 Å². The molecule has 0 fully saturated rings. The minimum Gasteiger partial charge on any atom is -0.378 e. The van der Waals surface area contributed by atoms with Gasteiger partial charge in [0.15, 0.2) is 0 Å². The molecule has 0 aromatic heterocycles. The number of hydrogen-bond acceptors (Lipinski definition) is 3. The minimum absolute atomic E-state index is 0.220. The van der Waals surface area contributed by atoms with E-state index in [-0.39, 0.29) is 5.69 Å². The van der Waals surface area contributed by atoms with E-state index in [1.165, 1.54) is 0 Å². The van der Waals surface area contributed by atoms with Gasteiger partial charge in [-0.3, -0.25) is 0 Å². The number of rotatable bonds is 4. The van der Waals surface area contributed by atoms with Crippen LogP contribution in [0, 0.1) is 0 Å². The number of benzene rings is 2. The predicted molar refractivity (Wildman–Crippen MR) is 89.0 cm³/mol. The van der Waals surface area contributed by atoms with Gasteiger partial charge >= 0.3 is 6.18 Å². The molecule has 2 aromatic rings. The second-order valence-electron chi connectivity index (χ2n) is 5.17. The quantitative estimate of drug-likeness (QED) is 0.771. The van der Waals surface area contributed by atoms with Crippen LogP contribution in [0.25, 0.3) is 0 Å². The summed E-state index contributed by atoms with van der Waals surface area (Å²) in [4.78, 5) is -0.588. The monoisotopic (exact) mass is 422 g/mol. The standard InChI is InChI=1S/C15H14BrF3N2O2S/c1-9(10-3-2-4-11(16)7-10)21-14-6-5-12(24(20,22)23)8-13(14)15(17,18)19/h2-9,21H,1H3,(H2,20,22,23). The molecule has 4 nitrogen and oxygen atoms in total. The molecule has 0 heterocycles. The zero-order valence-corrected chi connectivity index (χ0v) is 14.8. The third-order valence-corrected chi connectivity index (χ3v) is 4.75. The molecule has 0 amide bonds. The molecule has 0 bridgehead atoms. The number of anilines is 1. The summed E-state index contributed by atoms with van der Waals surface area (Å²) in [5.41, 5.74) is -0.536. The first kappa shape index (κ1) is 18.8. The third kappa shape index (κ3) is 4.49. The second-order valence-corrected chi connectivity index (χ2v) is 7.65. The van der Waals surface area contributed by atoms with Gasteiger partial charge in [-0.1, -0.05) is 28.1 Å². The van der Waals surface area contributed by atoms with E-state index in [0.29, 0.717) is 6.07 Å². The lowest BCUT2D eigenvalue weighted by atomic mass is 10.1. The van der Waals surface area contributed by atoms with Crippen LogP contribution in [0.3, 0.4) is 0 Å². The normalized spacial score (nSPS) is 13.6. The van der Waals surface area contributed by atoms with Crippen LogP contribution in [0.5, 0.6) is 0 Å². The first-order chi connectivity index (χ1) is 11.0. The van der Waals surface area contributed by atoms with Crippen LogP contribution in [0.15, 0.2) is 51.8 Å². The van der Waals surface area contributed by atoms with Gasteiger partial charge < -0.3 is 5.32 Å². The Morgan fingerprint density at radius 1 is 1.17 bits per heavy atom. The summed E-state index contributed by atoms with van der Waals surface area (Å²) < 4.78 is 63.1. The Morgan fingerprint density at radius 2 is 1.83 bits per heavy atom. The van der Waals surface area contributed by atoms with E-state index in [1.807, 2.05) is 0 Å². The SMILES string of the molecule is CC(Nc1ccc(S(N)(=O)=O)cc1C(F)(F)F)c1cccc(Br)c1. The van der Waals surface area contributed by atoms with Crippen molar-refractivity contribution in [2.45, 2.75) is 24.0 Å². The van der Waals surface area contributed by atoms with Crippen molar-refractivity contribution in [3.8, 4) is 0 Å². The number of alkyl halides is 3. The molecule has 130 valence electrons. The topological polar surface area (TPSA) is 72.2 Å². The Morgan fingerprint density at radius 3 is 2.38 bits per heavy atom. The number of hydrogen-bond donors (Lipinski definition) is 2. The van der Waals surface area contributed by atoms with Crippen molar-refractivity contribution in [1.29, 1.82) is 0 Å². The van der Waals surface area contributed by atoms with Crippen molar-refractivity contribution in [2.75, 3.05) is 5.32 Å². The maximum absolute atomic E-state index is 13.3. The number of nitrogens with one attached hydrogen (secondary N) is 1. The lowest BCUT2D eigenvalue weighted by Crippen LogP contribution is -2.17. The highest BCUT2D eigenvalue weighted by molar-refractivity contribution is 9.10. The van der Waals surface area contributed by atoms with Crippen LogP contribution in [0.1, 0.15) is 24.1 Å². The Kier molecular flexibility index (Phi) is 5.26. The first-order valence-electron chi connectivity index (χ1n) is 6.74. The van der Waals surface area contributed by atoms with Crippen molar-refractivity contribution in [2.24, 2.45) is 5.14 Å². The Balaban J connectivity index is 2.43. The molecule has 0 saturated heterocycles. The van der Waals surface area contributed by atoms with Crippen molar-refractivity contribution >= 4 is 31.6 Å². The summed E-state index contributed by atoms with van der Waals surface area (Å²) in [5, 5.41) is 7.67. The van der Waals surface area contributed by atoms with E-state index in [9.17, 15) is 21.6 Å². The van der Waals surface area contributed by atoms with Gasteiger partial charge in [0.25, 0.3) is 0 Å². The van der Waals surface area contributed by atoms with Crippen LogP contribution in [-0.4, -0.2) is 8.42 Å². The molecule has 1 atom stereocenters. The molecule has 3 N–H and O–H groups in total. The lowest BCUT2D eigenvalue weighted by Gasteiger charge is -2.20. The molecule has 0 aliphatic carbocycles. The fourth-order valence-corrected chi connectivity index (χ4v) is 3.11. The van der Waals surface area contributed by atoms with Crippen molar-refractivity contribution < 1.29 is 21.6 Å². The summed E-state index contributed by atoms with van der Waals surface area (Å²) in [6.45, 7) is 1.70. The molecular weight excluding hydrogens is 409 g/mol. The lowest BCUT2D eigenvalue weighted by molar-refractivity contribution is -0.137. The Labute approximate surface area is 146 Å². The number of sulfonamides is 1. The highest BCUT2D eigenvalue weighted by Crippen LogP contribution is 2.37. The summed E-state index contributed by atoms with van der Waals surface area (Å²) in [5.74, 6) is 0. The van der Waals surface area contributed by atoms with Gasteiger partial charge in [-0.05, 0) is 42.8 Å². The first-order valence-corrected chi connectivity index (χ1v) is 9.08. The minimum atomic E-state index is -4.72. The average Bonchev–Trinajstić information content (AvgIpc) is 2.45. The predicted octanol–water partition coefficient (Wildman–Crippen LogP) is 4.29. The van der Waals surface area contributed by atoms with Crippen LogP contribution in [0.2, 0.25) is 0 Å². The molecule has 1 unspecified atom stereocenters. The summed E-state index contributed by atoms with van der Waals surface area (Å²) in [6, 6.07) is 9.34. The van der Waals surface area contributed by atoms with E-state index >= 15 is 0 Å². The average molecular weight is 423 g/mol. The molecule has 0 spiro atoms. The number of nitrogens with two attached hydrogens (primary N) is 1. The largest absolute Gasteiger partial charge is 0.418 e. The number of halogens is 4. The summed E-state index contributed by atoms with van der Waals surface area (Å²) in [6.07, 6.45) is -4.72. The van der Waals surface area contributed by atoms with Gasteiger partial charge in [0.05, 0.1) is 10.5 Å². The van der Waals surface area contributed by atoms with Crippen molar-refractivity contribution in [3.05, 3.63) is 58.1 Å². The molecule has 0 aliphatic rings. The highest BCUT2D eigenvalue weighted by Gasteiger charge is 2.35. The van der Waals surface area contributed by atoms with Gasteiger partial charge in [-0.2, -0.15) is 13.2 Å². The summed E-state index contributed by atoms with van der Waals surface area (Å²) in [7, 11) is -4.22. The van der Waals surface area contributed by atoms with Crippen molar-refractivity contribution in [1.82, 2.24) is 0 Å². The van der Waals surface area contributed by atoms with Crippen LogP contribution >= 0.6 is 15.9 Å².